The van der Waals surface area contributed by atoms with E-state index in [1.165, 1.54) is 36.4 Å². The number of hydrogen-bond donors (Lipinski definition) is 1. The summed E-state index contributed by atoms with van der Waals surface area (Å²) in [6.07, 6.45) is -3.04. The molecule has 112 valence electrons. The highest BCUT2D eigenvalue weighted by molar-refractivity contribution is 5.86. The fraction of sp³-hybridized carbons (Fsp3) is 0.214. The predicted octanol–water partition coefficient (Wildman–Crippen LogP) is 3.87. The van der Waals surface area contributed by atoms with E-state index in [2.05, 4.69) is 4.74 Å². The molecule has 0 amide bonds. The first kappa shape index (κ1) is 15.1. The third-order valence-electron chi connectivity index (χ3n) is 2.94. The molecule has 0 fully saturated rings. The Bertz CT molecular complexity index is 658. The van der Waals surface area contributed by atoms with E-state index in [1.54, 1.807) is 0 Å². The first-order valence-corrected chi connectivity index (χ1v) is 5.88. The third-order valence-corrected chi connectivity index (χ3v) is 2.94. The second-order valence-corrected chi connectivity index (χ2v) is 4.30. The highest BCUT2D eigenvalue weighted by Crippen LogP contribution is 2.29. The first-order valence-electron chi connectivity index (χ1n) is 5.88. The molecule has 0 saturated carbocycles. The Morgan fingerprint density at radius 1 is 1.00 bits per heavy atom. The summed E-state index contributed by atoms with van der Waals surface area (Å²) in [6.45, 7) is -2.96. The summed E-state index contributed by atoms with van der Waals surface area (Å²) >= 11 is 0. The zero-order valence-electron chi connectivity index (χ0n) is 10.5. The van der Waals surface area contributed by atoms with Crippen LogP contribution in [0, 0.1) is 0 Å². The third kappa shape index (κ3) is 3.42. The molecule has 0 aliphatic heterocycles. The predicted molar refractivity (Wildman–Crippen MR) is 67.0 cm³/mol. The Morgan fingerprint density at radius 3 is 2.19 bits per heavy atom. The van der Waals surface area contributed by atoms with Gasteiger partial charge in [0, 0.05) is 0 Å². The fourth-order valence-corrected chi connectivity index (χ4v) is 2.01. The highest BCUT2D eigenvalue weighted by atomic mass is 19.3. The van der Waals surface area contributed by atoms with Crippen LogP contribution in [0.3, 0.4) is 0 Å². The second-order valence-electron chi connectivity index (χ2n) is 4.30. The number of carboxylic acid groups (broad SMARTS) is 1. The number of carboxylic acids is 1. The van der Waals surface area contributed by atoms with Gasteiger partial charge in [-0.1, -0.05) is 24.3 Å². The molecule has 0 aliphatic rings. The molecule has 0 aliphatic carbocycles. The van der Waals surface area contributed by atoms with Crippen LogP contribution in [0.4, 0.5) is 17.6 Å². The van der Waals surface area contributed by atoms with Gasteiger partial charge in [-0.2, -0.15) is 8.78 Å². The summed E-state index contributed by atoms with van der Waals surface area (Å²) in [4.78, 5) is 10.9. The minimum absolute atomic E-state index is 0.0486. The number of hydrogen-bond acceptors (Lipinski definition) is 2. The largest absolute Gasteiger partial charge is 0.481 e. The fourth-order valence-electron chi connectivity index (χ4n) is 2.01. The van der Waals surface area contributed by atoms with Crippen molar-refractivity contribution < 1.29 is 32.2 Å². The van der Waals surface area contributed by atoms with Crippen molar-refractivity contribution in [3.05, 3.63) is 42.0 Å². The molecule has 3 nitrogen and oxygen atoms in total. The number of fused-ring (bicyclic) bond motifs is 1. The lowest BCUT2D eigenvalue weighted by Crippen LogP contribution is -2.19. The summed E-state index contributed by atoms with van der Waals surface area (Å²) in [5.74, 6) is -3.61. The Balaban J connectivity index is 2.40. The standard InChI is InChI=1S/C14H10F4O3/c15-12(16)11(13(19)20)9-2-1-8-6-10(21-14(17)18)4-3-7(8)5-9/h1-6,11-12,14H,(H,19,20). The topological polar surface area (TPSA) is 46.5 Å². The van der Waals surface area contributed by atoms with Gasteiger partial charge >= 0.3 is 12.6 Å². The number of benzene rings is 2. The molecule has 2 aromatic rings. The summed E-state index contributed by atoms with van der Waals surface area (Å²) in [5.41, 5.74) is -0.0486. The SMILES string of the molecule is O=C(O)C(c1ccc2cc(OC(F)F)ccc2c1)C(F)F. The number of carbonyl (C=O) groups is 1. The Hall–Kier alpha value is -2.31. The summed E-state index contributed by atoms with van der Waals surface area (Å²) in [5, 5.41) is 9.77. The average Bonchev–Trinajstić information content (AvgIpc) is 2.37. The molecule has 2 aromatic carbocycles. The summed E-state index contributed by atoms with van der Waals surface area (Å²) < 4.78 is 53.9. The van der Waals surface area contributed by atoms with Crippen LogP contribution in [0.2, 0.25) is 0 Å². The lowest BCUT2D eigenvalue weighted by molar-refractivity contribution is -0.142. The van der Waals surface area contributed by atoms with Gasteiger partial charge in [-0.05, 0) is 28.5 Å². The average molecular weight is 302 g/mol. The van der Waals surface area contributed by atoms with Crippen LogP contribution < -0.4 is 4.74 Å². The zero-order valence-corrected chi connectivity index (χ0v) is 10.5. The molecular formula is C14H10F4O3. The van der Waals surface area contributed by atoms with Crippen LogP contribution in [0.15, 0.2) is 36.4 Å². The van der Waals surface area contributed by atoms with Gasteiger partial charge in [-0.3, -0.25) is 4.79 Å². The van der Waals surface area contributed by atoms with Crippen LogP contribution in [0.5, 0.6) is 5.75 Å². The number of halogens is 4. The molecule has 0 heterocycles. The van der Waals surface area contributed by atoms with Gasteiger partial charge in [0.1, 0.15) is 11.7 Å². The van der Waals surface area contributed by atoms with Crippen LogP contribution in [0.1, 0.15) is 11.5 Å². The van der Waals surface area contributed by atoms with Gasteiger partial charge in [-0.15, -0.1) is 0 Å². The van der Waals surface area contributed by atoms with Crippen LogP contribution in [-0.4, -0.2) is 24.1 Å². The van der Waals surface area contributed by atoms with E-state index >= 15 is 0 Å². The first-order chi connectivity index (χ1) is 9.88. The van der Waals surface area contributed by atoms with E-state index in [0.29, 0.717) is 10.8 Å². The molecule has 0 spiro atoms. The van der Waals surface area contributed by atoms with Crippen molar-refractivity contribution >= 4 is 16.7 Å². The molecule has 0 radical (unpaired) electrons. The molecule has 0 aromatic heterocycles. The molecule has 1 unspecified atom stereocenters. The van der Waals surface area contributed by atoms with Crippen molar-refractivity contribution in [3.63, 3.8) is 0 Å². The number of rotatable bonds is 5. The van der Waals surface area contributed by atoms with E-state index in [-0.39, 0.29) is 11.3 Å². The molecule has 0 bridgehead atoms. The van der Waals surface area contributed by atoms with Crippen molar-refractivity contribution in [2.45, 2.75) is 19.0 Å². The molecule has 1 atom stereocenters. The van der Waals surface area contributed by atoms with E-state index in [9.17, 15) is 22.4 Å². The van der Waals surface area contributed by atoms with E-state index in [1.807, 2.05) is 0 Å². The highest BCUT2D eigenvalue weighted by Gasteiger charge is 2.29. The van der Waals surface area contributed by atoms with E-state index < -0.39 is 24.9 Å². The number of aliphatic carboxylic acids is 1. The second kappa shape index (κ2) is 5.99. The molecule has 7 heteroatoms. The van der Waals surface area contributed by atoms with Gasteiger partial charge < -0.3 is 9.84 Å². The molecular weight excluding hydrogens is 292 g/mol. The lowest BCUT2D eigenvalue weighted by Gasteiger charge is -2.13. The lowest BCUT2D eigenvalue weighted by atomic mass is 9.96. The maximum absolute atomic E-state index is 12.8. The Labute approximate surface area is 116 Å². The normalized spacial score (nSPS) is 12.9. The number of alkyl halides is 4. The number of ether oxygens (including phenoxy) is 1. The van der Waals surface area contributed by atoms with Crippen molar-refractivity contribution in [2.75, 3.05) is 0 Å². The van der Waals surface area contributed by atoms with Crippen LogP contribution >= 0.6 is 0 Å². The molecule has 0 saturated heterocycles. The van der Waals surface area contributed by atoms with Crippen LogP contribution in [-0.2, 0) is 4.79 Å². The Kier molecular flexibility index (Phi) is 4.30. The zero-order chi connectivity index (χ0) is 15.6. The summed E-state index contributed by atoms with van der Waals surface area (Å²) in [6, 6.07) is 7.91. The quantitative estimate of drug-likeness (QED) is 0.853. The van der Waals surface area contributed by atoms with Crippen molar-refractivity contribution in [1.82, 2.24) is 0 Å². The van der Waals surface area contributed by atoms with Crippen LogP contribution in [0.25, 0.3) is 10.8 Å². The van der Waals surface area contributed by atoms with Gasteiger partial charge in [-0.25, -0.2) is 8.78 Å². The molecule has 1 N–H and O–H groups in total. The van der Waals surface area contributed by atoms with Gasteiger partial charge in [0.2, 0.25) is 0 Å². The maximum Gasteiger partial charge on any atom is 0.387 e. The van der Waals surface area contributed by atoms with E-state index in [4.69, 9.17) is 5.11 Å². The maximum atomic E-state index is 12.8. The van der Waals surface area contributed by atoms with Gasteiger partial charge in [0.15, 0.2) is 0 Å². The van der Waals surface area contributed by atoms with Gasteiger partial charge in [0.05, 0.1) is 0 Å². The molecule has 21 heavy (non-hydrogen) atoms. The van der Waals surface area contributed by atoms with Crippen molar-refractivity contribution in [2.24, 2.45) is 0 Å². The van der Waals surface area contributed by atoms with Gasteiger partial charge in [0.25, 0.3) is 6.43 Å². The molecule has 2 rings (SSSR count). The van der Waals surface area contributed by atoms with Crippen molar-refractivity contribution in [1.29, 1.82) is 0 Å². The smallest absolute Gasteiger partial charge is 0.387 e. The van der Waals surface area contributed by atoms with Crippen molar-refractivity contribution in [3.8, 4) is 5.75 Å². The minimum atomic E-state index is -3.04. The monoisotopic (exact) mass is 302 g/mol. The summed E-state index contributed by atoms with van der Waals surface area (Å²) in [7, 11) is 0. The van der Waals surface area contributed by atoms with E-state index in [0.717, 1.165) is 0 Å². The minimum Gasteiger partial charge on any atom is -0.481 e. The Morgan fingerprint density at radius 2 is 1.62 bits per heavy atom.